The van der Waals surface area contributed by atoms with Crippen molar-refractivity contribution in [1.29, 1.82) is 0 Å². The number of nitrogens with one attached hydrogen (secondary N) is 1. The van der Waals surface area contributed by atoms with Crippen LogP contribution in [0, 0.1) is 20.2 Å². The molecule has 0 saturated carbocycles. The summed E-state index contributed by atoms with van der Waals surface area (Å²) in [6, 6.07) is 27.0. The number of nitro groups is 2. The van der Waals surface area contributed by atoms with Gasteiger partial charge in [0.2, 0.25) is 0 Å². The Kier molecular flexibility index (Phi) is 12.5. The number of benzene rings is 4. The lowest BCUT2D eigenvalue weighted by Crippen LogP contribution is -2.16. The van der Waals surface area contributed by atoms with Gasteiger partial charge in [0.05, 0.1) is 46.6 Å². The molecule has 14 nitrogen and oxygen atoms in total. The summed E-state index contributed by atoms with van der Waals surface area (Å²) >= 11 is 2.96. The summed E-state index contributed by atoms with van der Waals surface area (Å²) in [5, 5.41) is 30.1. The van der Waals surface area contributed by atoms with Crippen molar-refractivity contribution in [2.75, 3.05) is 31.5 Å². The third-order valence-corrected chi connectivity index (χ3v) is 9.44. The molecule has 0 unspecified atom stereocenters. The third-order valence-electron chi connectivity index (χ3n) is 7.68. The summed E-state index contributed by atoms with van der Waals surface area (Å²) in [6.07, 6.45) is 0. The first-order valence-electron chi connectivity index (χ1n) is 15.7. The topological polar surface area (TPSA) is 180 Å². The summed E-state index contributed by atoms with van der Waals surface area (Å²) in [6.45, 7) is 1.20. The molecule has 2 aromatic heterocycles. The molecule has 6 aromatic rings. The Morgan fingerprint density at radius 1 is 0.679 bits per heavy atom. The molecule has 0 radical (unpaired) electrons. The van der Waals surface area contributed by atoms with Gasteiger partial charge in [0, 0.05) is 66.3 Å². The van der Waals surface area contributed by atoms with Gasteiger partial charge in [-0.1, -0.05) is 24.3 Å². The maximum absolute atomic E-state index is 11.5. The minimum absolute atomic E-state index is 0.0535. The Hall–Kier alpha value is -6.52. The van der Waals surface area contributed by atoms with Crippen LogP contribution in [0.1, 0.15) is 31.8 Å². The molecule has 4 aromatic carbocycles. The zero-order chi connectivity index (χ0) is 37.9. The van der Waals surface area contributed by atoms with Crippen molar-refractivity contribution in [3.8, 4) is 22.5 Å². The Morgan fingerprint density at radius 3 is 1.60 bits per heavy atom. The lowest BCUT2D eigenvalue weighted by molar-refractivity contribution is -0.385. The first-order valence-corrected chi connectivity index (χ1v) is 17.5. The molecular formula is C37H32N6O8S2. The number of hydrogen-bond acceptors (Lipinski definition) is 14. The molecule has 0 saturated heterocycles. The number of aromatic nitrogens is 2. The van der Waals surface area contributed by atoms with Crippen molar-refractivity contribution >= 4 is 56.3 Å². The molecule has 0 bridgehead atoms. The Bertz CT molecular complexity index is 2190. The van der Waals surface area contributed by atoms with Crippen LogP contribution in [0.4, 0.5) is 21.6 Å². The molecule has 0 fully saturated rings. The number of anilines is 2. The predicted octanol–water partition coefficient (Wildman–Crippen LogP) is 8.26. The molecule has 0 aliphatic rings. The van der Waals surface area contributed by atoms with Gasteiger partial charge in [0.15, 0.2) is 10.3 Å². The molecular weight excluding hydrogens is 721 g/mol. The van der Waals surface area contributed by atoms with E-state index < -0.39 is 9.85 Å². The van der Waals surface area contributed by atoms with E-state index in [0.29, 0.717) is 24.2 Å². The van der Waals surface area contributed by atoms with Gasteiger partial charge in [-0.2, -0.15) is 0 Å². The van der Waals surface area contributed by atoms with Crippen molar-refractivity contribution in [2.45, 2.75) is 13.1 Å². The number of carbonyl (C=O) groups excluding carboxylic acids is 2. The van der Waals surface area contributed by atoms with Crippen LogP contribution in [0.5, 0.6) is 0 Å². The molecule has 2 heterocycles. The summed E-state index contributed by atoms with van der Waals surface area (Å²) in [4.78, 5) is 54.6. The number of rotatable bonds is 12. The van der Waals surface area contributed by atoms with E-state index in [1.165, 1.54) is 61.2 Å². The zero-order valence-electron chi connectivity index (χ0n) is 28.6. The van der Waals surface area contributed by atoms with Gasteiger partial charge in [-0.05, 0) is 59.7 Å². The summed E-state index contributed by atoms with van der Waals surface area (Å²) < 4.78 is 9.37. The van der Waals surface area contributed by atoms with Gasteiger partial charge in [0.1, 0.15) is 0 Å². The molecule has 0 aliphatic heterocycles. The number of nitrogens with zero attached hydrogens (tertiary/aromatic N) is 5. The van der Waals surface area contributed by atoms with Crippen LogP contribution in [0.15, 0.2) is 108 Å². The molecule has 0 atom stereocenters. The summed E-state index contributed by atoms with van der Waals surface area (Å²) in [5.74, 6) is -0.722. The van der Waals surface area contributed by atoms with Gasteiger partial charge >= 0.3 is 11.9 Å². The second kappa shape index (κ2) is 17.6. The van der Waals surface area contributed by atoms with Crippen molar-refractivity contribution in [2.24, 2.45) is 0 Å². The number of esters is 2. The highest BCUT2D eigenvalue weighted by Crippen LogP contribution is 2.29. The van der Waals surface area contributed by atoms with Crippen molar-refractivity contribution in [1.82, 2.24) is 9.97 Å². The second-order valence-electron chi connectivity index (χ2n) is 11.2. The van der Waals surface area contributed by atoms with E-state index >= 15 is 0 Å². The third kappa shape index (κ3) is 10.1. The van der Waals surface area contributed by atoms with Gasteiger partial charge in [0.25, 0.3) is 11.4 Å². The molecule has 16 heteroatoms. The lowest BCUT2D eigenvalue weighted by atomic mass is 10.1. The number of methoxy groups -OCH3 is 2. The highest BCUT2D eigenvalue weighted by atomic mass is 32.1. The SMILES string of the molecule is COC(=O)c1ccc(CN(C)c2nc(-c3ccc([N+](=O)[O-])cc3)cs2)cc1.COC(=O)c1ccc(CNc2nc(-c3ccc([N+](=O)[O-])cc3)cs2)cc1. The van der Waals surface area contributed by atoms with Crippen LogP contribution < -0.4 is 10.2 Å². The van der Waals surface area contributed by atoms with Crippen LogP contribution in [0.3, 0.4) is 0 Å². The average Bonchev–Trinajstić information content (AvgIpc) is 3.88. The van der Waals surface area contributed by atoms with E-state index in [9.17, 15) is 29.8 Å². The first-order chi connectivity index (χ1) is 25.5. The number of hydrogen-bond donors (Lipinski definition) is 1. The minimum atomic E-state index is -0.427. The van der Waals surface area contributed by atoms with Crippen molar-refractivity contribution in [3.63, 3.8) is 0 Å². The van der Waals surface area contributed by atoms with Crippen LogP contribution in [-0.2, 0) is 22.6 Å². The largest absolute Gasteiger partial charge is 0.465 e. The molecule has 0 spiro atoms. The van der Waals surface area contributed by atoms with Crippen LogP contribution in [0.2, 0.25) is 0 Å². The highest BCUT2D eigenvalue weighted by molar-refractivity contribution is 7.14. The van der Waals surface area contributed by atoms with E-state index in [2.05, 4.69) is 20.0 Å². The van der Waals surface area contributed by atoms with E-state index in [1.807, 2.05) is 47.0 Å². The first kappa shape index (κ1) is 37.7. The number of ether oxygens (including phenoxy) is 2. The maximum atomic E-state index is 11.5. The van der Waals surface area contributed by atoms with E-state index in [4.69, 9.17) is 4.74 Å². The Labute approximate surface area is 311 Å². The zero-order valence-corrected chi connectivity index (χ0v) is 30.3. The normalized spacial score (nSPS) is 10.4. The monoisotopic (exact) mass is 752 g/mol. The standard InChI is InChI=1S/C19H17N3O4S.C18H15N3O4S/c1-21(11-13-3-5-15(6-4-13)18(23)26-2)19-20-17(12-27-19)14-7-9-16(10-8-14)22(24)25;1-25-17(22)14-4-2-12(3-5-14)10-19-18-20-16(11-26-18)13-6-8-15(9-7-13)21(23)24/h3-10,12H,11H2,1-2H3;2-9,11H,10H2,1H3,(H,19,20). The van der Waals surface area contributed by atoms with E-state index in [-0.39, 0.29) is 23.3 Å². The molecule has 0 amide bonds. The fraction of sp³-hybridized carbons (Fsp3) is 0.135. The average molecular weight is 753 g/mol. The molecule has 6 rings (SSSR count). The van der Waals surface area contributed by atoms with E-state index in [0.717, 1.165) is 43.9 Å². The predicted molar refractivity (Wildman–Crippen MR) is 203 cm³/mol. The Balaban J connectivity index is 0.000000204. The molecule has 53 heavy (non-hydrogen) atoms. The number of thiazole rings is 2. The Morgan fingerprint density at radius 2 is 1.13 bits per heavy atom. The van der Waals surface area contributed by atoms with Crippen molar-refractivity contribution < 1.29 is 28.9 Å². The fourth-order valence-electron chi connectivity index (χ4n) is 4.83. The molecule has 270 valence electrons. The van der Waals surface area contributed by atoms with Crippen LogP contribution in [-0.4, -0.2) is 53.0 Å². The van der Waals surface area contributed by atoms with Crippen LogP contribution in [0.25, 0.3) is 22.5 Å². The van der Waals surface area contributed by atoms with Crippen LogP contribution >= 0.6 is 22.7 Å². The smallest absolute Gasteiger partial charge is 0.337 e. The van der Waals surface area contributed by atoms with Crippen molar-refractivity contribution in [3.05, 3.63) is 150 Å². The van der Waals surface area contributed by atoms with Gasteiger partial charge in [-0.3, -0.25) is 20.2 Å². The van der Waals surface area contributed by atoms with Gasteiger partial charge in [-0.25, -0.2) is 19.6 Å². The fourth-order valence-corrected chi connectivity index (χ4v) is 6.35. The molecule has 1 N–H and O–H groups in total. The number of non-ortho nitro benzene ring substituents is 2. The lowest BCUT2D eigenvalue weighted by Gasteiger charge is -2.15. The minimum Gasteiger partial charge on any atom is -0.465 e. The summed E-state index contributed by atoms with van der Waals surface area (Å²) in [5.41, 5.74) is 6.36. The van der Waals surface area contributed by atoms with Gasteiger partial charge < -0.3 is 19.7 Å². The van der Waals surface area contributed by atoms with E-state index in [1.54, 1.807) is 48.5 Å². The number of nitro benzene ring substituents is 2. The number of carbonyl (C=O) groups is 2. The quantitative estimate of drug-likeness (QED) is 0.0719. The van der Waals surface area contributed by atoms with Gasteiger partial charge in [-0.15, -0.1) is 22.7 Å². The maximum Gasteiger partial charge on any atom is 0.337 e. The summed E-state index contributed by atoms with van der Waals surface area (Å²) in [7, 11) is 4.64. The highest BCUT2D eigenvalue weighted by Gasteiger charge is 2.13. The second-order valence-corrected chi connectivity index (χ2v) is 12.9. The molecule has 0 aliphatic carbocycles.